The Morgan fingerprint density at radius 1 is 1.22 bits per heavy atom. The molecule has 0 spiro atoms. The number of rotatable bonds is 9. The van der Waals surface area contributed by atoms with E-state index in [-0.39, 0.29) is 0 Å². The summed E-state index contributed by atoms with van der Waals surface area (Å²) in [7, 11) is 0. The normalized spacial score (nSPS) is 10.5. The number of nitrogens with one attached hydrogen (secondary N) is 4. The molecule has 0 saturated heterocycles. The lowest BCUT2D eigenvalue weighted by Crippen LogP contribution is -2.38. The molecule has 23 heavy (non-hydrogen) atoms. The van der Waals surface area contributed by atoms with Gasteiger partial charge in [-0.2, -0.15) is 11.8 Å². The Balaban J connectivity index is 1.45. The van der Waals surface area contributed by atoms with Gasteiger partial charge in [-0.1, -0.05) is 29.8 Å². The molecule has 2 rings (SSSR count). The zero-order valence-electron chi connectivity index (χ0n) is 13.6. The maximum Gasteiger partial charge on any atom is 0.188 e. The van der Waals surface area contributed by atoms with Crippen molar-refractivity contribution in [3.8, 4) is 0 Å². The third-order valence-corrected chi connectivity index (χ3v) is 4.43. The first-order valence-corrected chi connectivity index (χ1v) is 9.07. The van der Waals surface area contributed by atoms with Gasteiger partial charge in [0.1, 0.15) is 0 Å². The maximum absolute atomic E-state index is 7.81. The molecular formula is C17H25N5S. The highest BCUT2D eigenvalue weighted by Crippen LogP contribution is 2.12. The fourth-order valence-corrected chi connectivity index (χ4v) is 2.91. The zero-order chi connectivity index (χ0) is 16.3. The minimum absolute atomic E-state index is 0.406. The molecule has 124 valence electrons. The first kappa shape index (κ1) is 17.4. The molecular weight excluding hydrogens is 306 g/mol. The third kappa shape index (κ3) is 7.23. The maximum atomic E-state index is 7.81. The fourth-order valence-electron chi connectivity index (χ4n) is 2.10. The molecule has 1 heterocycles. The highest BCUT2D eigenvalue weighted by atomic mass is 32.2. The van der Waals surface area contributed by atoms with Crippen molar-refractivity contribution in [3.63, 3.8) is 0 Å². The second-order valence-electron chi connectivity index (χ2n) is 5.43. The van der Waals surface area contributed by atoms with Crippen LogP contribution in [0, 0.1) is 12.3 Å². The largest absolute Gasteiger partial charge is 0.357 e. The van der Waals surface area contributed by atoms with E-state index < -0.39 is 0 Å². The van der Waals surface area contributed by atoms with E-state index >= 15 is 0 Å². The average Bonchev–Trinajstić information content (AvgIpc) is 3.06. The van der Waals surface area contributed by atoms with Gasteiger partial charge in [-0.25, -0.2) is 4.98 Å². The fraction of sp³-hybridized carbons (Fsp3) is 0.412. The summed E-state index contributed by atoms with van der Waals surface area (Å²) in [6.45, 7) is 3.70. The lowest BCUT2D eigenvalue weighted by molar-refractivity contribution is 0.739. The van der Waals surface area contributed by atoms with Crippen molar-refractivity contribution in [1.29, 1.82) is 5.41 Å². The van der Waals surface area contributed by atoms with Gasteiger partial charge in [-0.15, -0.1) is 0 Å². The summed E-state index contributed by atoms with van der Waals surface area (Å²) in [5, 5.41) is 14.0. The standard InChI is InChI=1S/C17H25N5S/c1-14-4-6-15(7-5-14)12-23-10-9-21-17(18)20-8-2-3-16-11-19-13-22-16/h4-7,11,13H,2-3,8-10,12H2,1H3,(H,19,22)(H3,18,20,21). The van der Waals surface area contributed by atoms with Gasteiger partial charge in [0.05, 0.1) is 12.0 Å². The first-order valence-electron chi connectivity index (χ1n) is 7.91. The van der Waals surface area contributed by atoms with Crippen LogP contribution in [0.5, 0.6) is 0 Å². The molecule has 0 aliphatic rings. The lowest BCUT2D eigenvalue weighted by atomic mass is 10.2. The Bertz CT molecular complexity index is 565. The first-order chi connectivity index (χ1) is 11.2. The number of aromatic nitrogens is 2. The van der Waals surface area contributed by atoms with E-state index in [0.29, 0.717) is 5.96 Å². The van der Waals surface area contributed by atoms with Crippen LogP contribution in [-0.2, 0) is 12.2 Å². The van der Waals surface area contributed by atoms with Crippen LogP contribution in [0.3, 0.4) is 0 Å². The highest BCUT2D eigenvalue weighted by Gasteiger charge is 1.98. The van der Waals surface area contributed by atoms with Crippen molar-refractivity contribution in [2.24, 2.45) is 0 Å². The molecule has 0 aliphatic carbocycles. The van der Waals surface area contributed by atoms with E-state index in [2.05, 4.69) is 51.8 Å². The van der Waals surface area contributed by atoms with Gasteiger partial charge in [0.2, 0.25) is 0 Å². The Kier molecular flexibility index (Phi) is 7.52. The second-order valence-corrected chi connectivity index (χ2v) is 6.54. The van der Waals surface area contributed by atoms with Crippen molar-refractivity contribution >= 4 is 17.7 Å². The van der Waals surface area contributed by atoms with Gasteiger partial charge >= 0.3 is 0 Å². The molecule has 2 aromatic rings. The number of hydrogen-bond acceptors (Lipinski definition) is 3. The lowest BCUT2D eigenvalue weighted by Gasteiger charge is -2.10. The van der Waals surface area contributed by atoms with E-state index in [1.54, 1.807) is 6.33 Å². The van der Waals surface area contributed by atoms with E-state index in [1.807, 2.05) is 18.0 Å². The Morgan fingerprint density at radius 2 is 2.00 bits per heavy atom. The minimum atomic E-state index is 0.406. The monoisotopic (exact) mass is 331 g/mol. The van der Waals surface area contributed by atoms with Gasteiger partial charge in [0, 0.05) is 30.8 Å². The van der Waals surface area contributed by atoms with Crippen LogP contribution in [0.1, 0.15) is 23.2 Å². The molecule has 5 nitrogen and oxygen atoms in total. The summed E-state index contributed by atoms with van der Waals surface area (Å²) in [6, 6.07) is 8.66. The minimum Gasteiger partial charge on any atom is -0.357 e. The quantitative estimate of drug-likeness (QED) is 0.324. The summed E-state index contributed by atoms with van der Waals surface area (Å²) in [5.41, 5.74) is 3.72. The summed E-state index contributed by atoms with van der Waals surface area (Å²) < 4.78 is 0. The van der Waals surface area contributed by atoms with E-state index in [9.17, 15) is 0 Å². The number of benzene rings is 1. The predicted molar refractivity (Wildman–Crippen MR) is 98.0 cm³/mol. The van der Waals surface area contributed by atoms with Gasteiger partial charge < -0.3 is 15.6 Å². The van der Waals surface area contributed by atoms with Crippen LogP contribution < -0.4 is 10.6 Å². The van der Waals surface area contributed by atoms with Gasteiger partial charge in [-0.05, 0) is 25.3 Å². The van der Waals surface area contributed by atoms with E-state index in [0.717, 1.165) is 43.1 Å². The molecule has 0 atom stereocenters. The SMILES string of the molecule is Cc1ccc(CSCCNC(=N)NCCCc2c[nH]cn2)cc1. The Labute approximate surface area is 142 Å². The smallest absolute Gasteiger partial charge is 0.188 e. The van der Waals surface area contributed by atoms with Crippen LogP contribution in [0.4, 0.5) is 0 Å². The summed E-state index contributed by atoms with van der Waals surface area (Å²) in [6.07, 6.45) is 5.50. The third-order valence-electron chi connectivity index (χ3n) is 3.40. The number of imidazole rings is 1. The van der Waals surface area contributed by atoms with E-state index in [4.69, 9.17) is 5.41 Å². The molecule has 0 aliphatic heterocycles. The number of H-pyrrole nitrogens is 1. The number of guanidine groups is 1. The average molecular weight is 331 g/mol. The van der Waals surface area contributed by atoms with Crippen molar-refractivity contribution in [2.75, 3.05) is 18.8 Å². The van der Waals surface area contributed by atoms with Crippen LogP contribution in [0.2, 0.25) is 0 Å². The molecule has 6 heteroatoms. The number of thioether (sulfide) groups is 1. The number of nitrogens with zero attached hydrogens (tertiary/aromatic N) is 1. The summed E-state index contributed by atoms with van der Waals surface area (Å²) >= 11 is 1.88. The molecule has 0 amide bonds. The van der Waals surface area contributed by atoms with Crippen LogP contribution in [-0.4, -0.2) is 34.8 Å². The van der Waals surface area contributed by atoms with Gasteiger partial charge in [0.15, 0.2) is 5.96 Å². The van der Waals surface area contributed by atoms with Gasteiger partial charge in [0.25, 0.3) is 0 Å². The molecule has 4 N–H and O–H groups in total. The van der Waals surface area contributed by atoms with Crippen molar-refractivity contribution in [3.05, 3.63) is 53.6 Å². The molecule has 1 aromatic carbocycles. The van der Waals surface area contributed by atoms with Crippen molar-refractivity contribution < 1.29 is 0 Å². The highest BCUT2D eigenvalue weighted by molar-refractivity contribution is 7.98. The van der Waals surface area contributed by atoms with Crippen LogP contribution >= 0.6 is 11.8 Å². The van der Waals surface area contributed by atoms with Crippen LogP contribution in [0.25, 0.3) is 0 Å². The molecule has 0 unspecified atom stereocenters. The predicted octanol–water partition coefficient (Wildman–Crippen LogP) is 2.70. The second kappa shape index (κ2) is 9.94. The molecule has 0 saturated carbocycles. The van der Waals surface area contributed by atoms with Crippen LogP contribution in [0.15, 0.2) is 36.8 Å². The molecule has 0 fully saturated rings. The van der Waals surface area contributed by atoms with Gasteiger partial charge in [-0.3, -0.25) is 5.41 Å². The Hall–Kier alpha value is -1.95. The summed E-state index contributed by atoms with van der Waals surface area (Å²) in [4.78, 5) is 7.12. The Morgan fingerprint density at radius 3 is 2.74 bits per heavy atom. The number of aromatic amines is 1. The zero-order valence-corrected chi connectivity index (χ0v) is 14.4. The number of aryl methyl sites for hydroxylation is 2. The topological polar surface area (TPSA) is 76.6 Å². The van der Waals surface area contributed by atoms with E-state index in [1.165, 1.54) is 11.1 Å². The van der Waals surface area contributed by atoms with Crippen molar-refractivity contribution in [2.45, 2.75) is 25.5 Å². The molecule has 0 radical (unpaired) electrons. The number of hydrogen-bond donors (Lipinski definition) is 4. The van der Waals surface area contributed by atoms with Crippen molar-refractivity contribution in [1.82, 2.24) is 20.6 Å². The molecule has 0 bridgehead atoms. The molecule has 1 aromatic heterocycles. The summed E-state index contributed by atoms with van der Waals surface area (Å²) in [5.74, 6) is 2.42.